The fourth-order valence-electron chi connectivity index (χ4n) is 2.78. The summed E-state index contributed by atoms with van der Waals surface area (Å²) < 4.78 is 6.54. The van der Waals surface area contributed by atoms with Gasteiger partial charge in [0.15, 0.2) is 0 Å². The van der Waals surface area contributed by atoms with Crippen molar-refractivity contribution in [2.45, 2.75) is 25.7 Å². The zero-order valence-corrected chi connectivity index (χ0v) is 13.2. The van der Waals surface area contributed by atoms with Crippen molar-refractivity contribution in [1.82, 2.24) is 4.98 Å². The molecule has 0 unspecified atom stereocenters. The summed E-state index contributed by atoms with van der Waals surface area (Å²) in [4.78, 5) is 4.28. The van der Waals surface area contributed by atoms with Gasteiger partial charge in [-0.25, -0.2) is 4.98 Å². The molecule has 22 heavy (non-hydrogen) atoms. The van der Waals surface area contributed by atoms with Crippen molar-refractivity contribution in [1.29, 1.82) is 0 Å². The second-order valence-electron chi connectivity index (χ2n) is 6.16. The van der Waals surface area contributed by atoms with Gasteiger partial charge in [-0.2, -0.15) is 0 Å². The van der Waals surface area contributed by atoms with Gasteiger partial charge in [0.1, 0.15) is 24.5 Å². The molecule has 0 amide bonds. The van der Waals surface area contributed by atoms with Crippen LogP contribution in [0.25, 0.3) is 0 Å². The number of aromatic nitrogens is 1. The molecule has 1 aromatic heterocycles. The molecule has 122 valence electrons. The van der Waals surface area contributed by atoms with E-state index in [-0.39, 0.29) is 5.75 Å². The summed E-state index contributed by atoms with van der Waals surface area (Å²) in [5, 5.41) is 21.0. The molecule has 0 radical (unpaired) electrons. The zero-order chi connectivity index (χ0) is 15.8. The van der Waals surface area contributed by atoms with Crippen molar-refractivity contribution >= 4 is 6.21 Å². The van der Waals surface area contributed by atoms with Crippen molar-refractivity contribution in [3.8, 4) is 5.75 Å². The Hall–Kier alpha value is -1.66. The summed E-state index contributed by atoms with van der Waals surface area (Å²) in [6, 6.07) is 3.42. The Bertz CT molecular complexity index is 499. The number of rotatable bonds is 7. The molecule has 0 bridgehead atoms. The molecule has 2 N–H and O–H groups in total. The minimum atomic E-state index is 0.0336. The Balaban J connectivity index is 1.71. The lowest BCUT2D eigenvalue weighted by atomic mass is 10.1. The number of pyridine rings is 1. The number of likely N-dealkylation sites (N-methyl/N-ethyl adjacent to an activating group) is 1. The Morgan fingerprint density at radius 2 is 2.05 bits per heavy atom. The maximum Gasteiger partial charge on any atom is 0.142 e. The van der Waals surface area contributed by atoms with E-state index in [4.69, 9.17) is 9.94 Å². The largest absolute Gasteiger partial charge is 0.506 e. The number of hydrogen-bond acceptors (Lipinski definition) is 5. The van der Waals surface area contributed by atoms with Gasteiger partial charge in [0.05, 0.1) is 33.0 Å². The van der Waals surface area contributed by atoms with Gasteiger partial charge in [-0.05, 0) is 37.8 Å². The highest BCUT2D eigenvalue weighted by molar-refractivity contribution is 5.80. The predicted molar refractivity (Wildman–Crippen MR) is 84.4 cm³/mol. The fourth-order valence-corrected chi connectivity index (χ4v) is 2.78. The van der Waals surface area contributed by atoms with Crippen LogP contribution in [-0.2, 0) is 11.2 Å². The SMILES string of the molecule is C[N+]1(CCCCCc2ccc(O)c(C=NO)n2)CCOCC1. The van der Waals surface area contributed by atoms with Gasteiger partial charge < -0.3 is 19.5 Å². The van der Waals surface area contributed by atoms with E-state index in [2.05, 4.69) is 17.2 Å². The summed E-state index contributed by atoms with van der Waals surface area (Å²) in [6.45, 7) is 5.19. The third kappa shape index (κ3) is 4.96. The van der Waals surface area contributed by atoms with Gasteiger partial charge >= 0.3 is 0 Å². The first-order chi connectivity index (χ1) is 10.6. The molecule has 0 saturated carbocycles. The average molecular weight is 308 g/mol. The Morgan fingerprint density at radius 3 is 2.77 bits per heavy atom. The second kappa shape index (κ2) is 8.10. The number of aryl methyl sites for hydroxylation is 1. The van der Waals surface area contributed by atoms with Gasteiger partial charge in [-0.3, -0.25) is 0 Å². The van der Waals surface area contributed by atoms with Crippen molar-refractivity contribution < 1.29 is 19.5 Å². The van der Waals surface area contributed by atoms with Crippen LogP contribution in [-0.4, -0.2) is 65.9 Å². The summed E-state index contributed by atoms with van der Waals surface area (Å²) >= 11 is 0. The zero-order valence-electron chi connectivity index (χ0n) is 13.2. The third-order valence-electron chi connectivity index (χ3n) is 4.32. The lowest BCUT2D eigenvalue weighted by molar-refractivity contribution is -0.917. The number of quaternary nitrogens is 1. The highest BCUT2D eigenvalue weighted by atomic mass is 16.5. The van der Waals surface area contributed by atoms with E-state index in [0.29, 0.717) is 5.69 Å². The summed E-state index contributed by atoms with van der Waals surface area (Å²) in [5.74, 6) is 0.0336. The van der Waals surface area contributed by atoms with Gasteiger partial charge in [0.2, 0.25) is 0 Å². The molecule has 2 rings (SSSR count). The minimum Gasteiger partial charge on any atom is -0.506 e. The van der Waals surface area contributed by atoms with Crippen LogP contribution in [0, 0.1) is 0 Å². The Morgan fingerprint density at radius 1 is 1.27 bits per heavy atom. The van der Waals surface area contributed by atoms with Crippen molar-refractivity contribution in [3.05, 3.63) is 23.5 Å². The first-order valence-electron chi connectivity index (χ1n) is 7.91. The number of unbranched alkanes of at least 4 members (excludes halogenated alkanes) is 2. The van der Waals surface area contributed by atoms with E-state index < -0.39 is 0 Å². The maximum absolute atomic E-state index is 9.57. The maximum atomic E-state index is 9.57. The van der Waals surface area contributed by atoms with E-state index in [1.807, 2.05) is 6.07 Å². The molecule has 1 aliphatic rings. The molecule has 1 fully saturated rings. The molecular weight excluding hydrogens is 282 g/mol. The van der Waals surface area contributed by atoms with Crippen LogP contribution in [0.5, 0.6) is 5.75 Å². The molecule has 0 atom stereocenters. The van der Waals surface area contributed by atoms with E-state index in [1.165, 1.54) is 19.4 Å². The molecule has 2 heterocycles. The highest BCUT2D eigenvalue weighted by Crippen LogP contribution is 2.15. The van der Waals surface area contributed by atoms with Crippen molar-refractivity contribution in [2.75, 3.05) is 39.9 Å². The number of oxime groups is 1. The quantitative estimate of drug-likeness (QED) is 0.265. The predicted octanol–water partition coefficient (Wildman–Crippen LogP) is 1.78. The van der Waals surface area contributed by atoms with E-state index in [9.17, 15) is 5.11 Å². The second-order valence-corrected chi connectivity index (χ2v) is 6.16. The van der Waals surface area contributed by atoms with Crippen LogP contribution in [0.2, 0.25) is 0 Å². The molecule has 1 aromatic rings. The van der Waals surface area contributed by atoms with Gasteiger partial charge in [-0.1, -0.05) is 5.16 Å². The molecule has 1 saturated heterocycles. The van der Waals surface area contributed by atoms with Crippen LogP contribution in [0.1, 0.15) is 30.7 Å². The minimum absolute atomic E-state index is 0.0336. The normalized spacial score (nSPS) is 17.9. The molecular formula is C16H26N3O3+. The first kappa shape index (κ1) is 16.7. The molecule has 6 nitrogen and oxygen atoms in total. The number of nitrogens with zero attached hydrogens (tertiary/aromatic N) is 3. The van der Waals surface area contributed by atoms with Crippen LogP contribution < -0.4 is 0 Å². The van der Waals surface area contributed by atoms with Crippen LogP contribution in [0.3, 0.4) is 0 Å². The first-order valence-corrected chi connectivity index (χ1v) is 7.91. The molecule has 1 aliphatic heterocycles. The lowest BCUT2D eigenvalue weighted by Crippen LogP contribution is -2.52. The smallest absolute Gasteiger partial charge is 0.142 e. The summed E-state index contributed by atoms with van der Waals surface area (Å²) in [6.07, 6.45) is 5.48. The molecule has 0 aromatic carbocycles. The van der Waals surface area contributed by atoms with Gasteiger partial charge in [0, 0.05) is 5.69 Å². The van der Waals surface area contributed by atoms with Gasteiger partial charge in [-0.15, -0.1) is 0 Å². The van der Waals surface area contributed by atoms with E-state index in [0.717, 1.165) is 55.5 Å². The standard InChI is InChI=1S/C16H25N3O3/c1-19(9-11-22-12-10-19)8-4-2-3-5-14-6-7-16(20)15(18-14)13-17-21/h6-7,13H,2-5,8-12H2,1H3,(H-,17,18,20,21)/p+1. The van der Waals surface area contributed by atoms with E-state index >= 15 is 0 Å². The van der Waals surface area contributed by atoms with Crippen molar-refractivity contribution in [3.63, 3.8) is 0 Å². The number of hydrogen-bond donors (Lipinski definition) is 2. The molecule has 0 aliphatic carbocycles. The number of aromatic hydroxyl groups is 1. The fraction of sp³-hybridized carbons (Fsp3) is 0.625. The Kier molecular flexibility index (Phi) is 6.15. The number of morpholine rings is 1. The summed E-state index contributed by atoms with van der Waals surface area (Å²) in [5.41, 5.74) is 1.23. The molecule has 0 spiro atoms. The van der Waals surface area contributed by atoms with Gasteiger partial charge in [0.25, 0.3) is 0 Å². The third-order valence-corrected chi connectivity index (χ3v) is 4.32. The van der Waals surface area contributed by atoms with Crippen LogP contribution in [0.15, 0.2) is 17.3 Å². The lowest BCUT2D eigenvalue weighted by Gasteiger charge is -2.37. The van der Waals surface area contributed by atoms with Crippen molar-refractivity contribution in [2.24, 2.45) is 5.16 Å². The van der Waals surface area contributed by atoms with Crippen LogP contribution >= 0.6 is 0 Å². The topological polar surface area (TPSA) is 74.9 Å². The van der Waals surface area contributed by atoms with Crippen LogP contribution in [0.4, 0.5) is 0 Å². The highest BCUT2D eigenvalue weighted by Gasteiger charge is 2.24. The van der Waals surface area contributed by atoms with E-state index in [1.54, 1.807) is 6.07 Å². The molecule has 6 heteroatoms. The average Bonchev–Trinajstić information content (AvgIpc) is 2.51. The number of ether oxygens (including phenoxy) is 1. The monoisotopic (exact) mass is 308 g/mol. The Labute approximate surface area is 131 Å². The summed E-state index contributed by atoms with van der Waals surface area (Å²) in [7, 11) is 2.31.